The number of aromatic amines is 1. The Labute approximate surface area is 169 Å². The van der Waals surface area contributed by atoms with Gasteiger partial charge in [0.25, 0.3) is 11.5 Å². The largest absolute Gasteiger partial charge is 0.351 e. The van der Waals surface area contributed by atoms with E-state index in [9.17, 15) is 9.59 Å². The second-order valence-corrected chi connectivity index (χ2v) is 7.80. The Morgan fingerprint density at radius 2 is 1.93 bits per heavy atom. The van der Waals surface area contributed by atoms with Crippen LogP contribution < -0.4 is 10.9 Å². The normalized spacial score (nSPS) is 15.4. The summed E-state index contributed by atoms with van der Waals surface area (Å²) < 4.78 is 1.49. The molecule has 29 heavy (non-hydrogen) atoms. The Balaban J connectivity index is 1.55. The lowest BCUT2D eigenvalue weighted by Gasteiger charge is -2.30. The number of aromatic nitrogens is 4. The summed E-state index contributed by atoms with van der Waals surface area (Å²) in [6.07, 6.45) is 6.02. The molecule has 3 aromatic rings. The summed E-state index contributed by atoms with van der Waals surface area (Å²) >= 11 is 0. The monoisotopic (exact) mass is 391 g/mol. The molecule has 1 fully saturated rings. The van der Waals surface area contributed by atoms with Crippen LogP contribution in [0.2, 0.25) is 0 Å². The number of H-pyrrole nitrogens is 1. The third kappa shape index (κ3) is 3.72. The number of aryl methyl sites for hydroxylation is 1. The molecule has 0 atom stereocenters. The summed E-state index contributed by atoms with van der Waals surface area (Å²) in [5, 5.41) is 7.39. The predicted molar refractivity (Wildman–Crippen MR) is 110 cm³/mol. The molecular weight excluding hydrogens is 366 g/mol. The van der Waals surface area contributed by atoms with Crippen molar-refractivity contribution < 1.29 is 4.79 Å². The number of amides is 1. The lowest BCUT2D eigenvalue weighted by atomic mass is 9.79. The van der Waals surface area contributed by atoms with Gasteiger partial charge in [0.05, 0.1) is 17.5 Å². The van der Waals surface area contributed by atoms with Gasteiger partial charge in [-0.15, -0.1) is 0 Å². The van der Waals surface area contributed by atoms with E-state index in [0.29, 0.717) is 29.4 Å². The van der Waals surface area contributed by atoms with Crippen molar-refractivity contribution in [1.82, 2.24) is 25.1 Å². The van der Waals surface area contributed by atoms with Crippen LogP contribution in [0.15, 0.2) is 47.4 Å². The fraction of sp³-hybridized carbons (Fsp3) is 0.364. The van der Waals surface area contributed by atoms with Gasteiger partial charge in [0.15, 0.2) is 0 Å². The highest BCUT2D eigenvalue weighted by Crippen LogP contribution is 2.40. The van der Waals surface area contributed by atoms with Gasteiger partial charge >= 0.3 is 0 Å². The number of nitrogens with one attached hydrogen (secondary N) is 2. The third-order valence-electron chi connectivity index (χ3n) is 5.85. The first kappa shape index (κ1) is 19.1. The number of carbonyl (C=O) groups excluding carboxylic acids is 1. The van der Waals surface area contributed by atoms with Crippen molar-refractivity contribution in [3.8, 4) is 5.95 Å². The number of hydrogen-bond acceptors (Lipinski definition) is 4. The van der Waals surface area contributed by atoms with Gasteiger partial charge in [0.2, 0.25) is 5.95 Å². The Kier molecular flexibility index (Phi) is 5.05. The van der Waals surface area contributed by atoms with E-state index < -0.39 is 0 Å². The van der Waals surface area contributed by atoms with E-state index in [1.807, 2.05) is 6.07 Å². The van der Waals surface area contributed by atoms with E-state index in [1.165, 1.54) is 35.4 Å². The number of benzene rings is 1. The van der Waals surface area contributed by atoms with Gasteiger partial charge in [-0.25, -0.2) is 9.67 Å². The molecule has 1 saturated carbocycles. The van der Waals surface area contributed by atoms with E-state index in [0.717, 1.165) is 12.8 Å². The summed E-state index contributed by atoms with van der Waals surface area (Å²) in [6, 6.07) is 11.9. The number of rotatable bonds is 5. The zero-order valence-corrected chi connectivity index (χ0v) is 16.7. The Morgan fingerprint density at radius 3 is 2.62 bits per heavy atom. The molecule has 2 heterocycles. The molecule has 7 heteroatoms. The molecule has 0 aliphatic heterocycles. The molecule has 1 aliphatic rings. The van der Waals surface area contributed by atoms with Gasteiger partial charge in [-0.1, -0.05) is 43.2 Å². The molecule has 150 valence electrons. The van der Waals surface area contributed by atoms with Gasteiger partial charge in [-0.3, -0.25) is 14.6 Å². The summed E-state index contributed by atoms with van der Waals surface area (Å²) in [4.78, 5) is 31.6. The van der Waals surface area contributed by atoms with Gasteiger partial charge in [-0.2, -0.15) is 5.10 Å². The van der Waals surface area contributed by atoms with E-state index in [4.69, 9.17) is 0 Å². The second-order valence-electron chi connectivity index (χ2n) is 7.80. The first-order valence-corrected chi connectivity index (χ1v) is 9.95. The zero-order valence-electron chi connectivity index (χ0n) is 16.7. The molecule has 0 bridgehead atoms. The SMILES string of the molecule is Cc1cc(=O)[nH]c(-n2ncc(C(=O)NCC3(c4ccccc4)CCCC3)c2C)n1. The molecule has 2 aromatic heterocycles. The van der Waals surface area contributed by atoms with Crippen molar-refractivity contribution in [2.24, 2.45) is 0 Å². The average Bonchev–Trinajstić information content (AvgIpc) is 3.34. The first-order chi connectivity index (χ1) is 14.0. The quantitative estimate of drug-likeness (QED) is 0.699. The van der Waals surface area contributed by atoms with Gasteiger partial charge in [0, 0.05) is 23.7 Å². The highest BCUT2D eigenvalue weighted by atomic mass is 16.1. The molecule has 2 N–H and O–H groups in total. The summed E-state index contributed by atoms with van der Waals surface area (Å²) in [5.74, 6) is 0.147. The average molecular weight is 391 g/mol. The van der Waals surface area contributed by atoms with Crippen molar-refractivity contribution in [3.05, 3.63) is 75.5 Å². The molecule has 7 nitrogen and oxygen atoms in total. The van der Waals surface area contributed by atoms with E-state index in [1.54, 1.807) is 13.8 Å². The Morgan fingerprint density at radius 1 is 1.21 bits per heavy atom. The van der Waals surface area contributed by atoms with Crippen LogP contribution in [0.25, 0.3) is 5.95 Å². The van der Waals surface area contributed by atoms with Gasteiger partial charge in [-0.05, 0) is 32.3 Å². The minimum absolute atomic E-state index is 0.00977. The molecule has 4 rings (SSSR count). The van der Waals surface area contributed by atoms with E-state index in [2.05, 4.69) is 44.6 Å². The minimum atomic E-state index is -0.251. The molecule has 0 radical (unpaired) electrons. The Hall–Kier alpha value is -3.22. The van der Waals surface area contributed by atoms with Gasteiger partial charge in [0.1, 0.15) is 0 Å². The van der Waals surface area contributed by atoms with Crippen LogP contribution in [0.5, 0.6) is 0 Å². The van der Waals surface area contributed by atoms with Crippen molar-refractivity contribution in [3.63, 3.8) is 0 Å². The van der Waals surface area contributed by atoms with Crippen LogP contribution in [0, 0.1) is 13.8 Å². The van der Waals surface area contributed by atoms with Crippen LogP contribution in [-0.2, 0) is 5.41 Å². The Bertz CT molecular complexity index is 1080. The highest BCUT2D eigenvalue weighted by molar-refractivity contribution is 5.95. The van der Waals surface area contributed by atoms with Crippen molar-refractivity contribution in [2.75, 3.05) is 6.54 Å². The highest BCUT2D eigenvalue weighted by Gasteiger charge is 2.36. The lowest BCUT2D eigenvalue weighted by molar-refractivity contribution is 0.0942. The molecule has 1 amide bonds. The zero-order chi connectivity index (χ0) is 20.4. The standard InChI is InChI=1S/C22H25N5O2/c1-15-12-19(28)26-21(25-15)27-16(2)18(13-24-27)20(29)23-14-22(10-6-7-11-22)17-8-4-3-5-9-17/h3-5,8-9,12-13H,6-7,10-11,14H2,1-2H3,(H,23,29)(H,25,26,28). The van der Waals surface area contributed by atoms with E-state index in [-0.39, 0.29) is 16.9 Å². The molecule has 0 spiro atoms. The summed E-state index contributed by atoms with van der Waals surface area (Å²) in [7, 11) is 0. The maximum absolute atomic E-state index is 12.9. The molecule has 1 aliphatic carbocycles. The van der Waals surface area contributed by atoms with Crippen LogP contribution in [0.3, 0.4) is 0 Å². The molecular formula is C22H25N5O2. The lowest BCUT2D eigenvalue weighted by Crippen LogP contribution is -2.39. The summed E-state index contributed by atoms with van der Waals surface area (Å²) in [6.45, 7) is 4.14. The maximum Gasteiger partial charge on any atom is 0.254 e. The maximum atomic E-state index is 12.9. The molecule has 0 unspecified atom stereocenters. The fourth-order valence-corrected chi connectivity index (χ4v) is 4.27. The summed E-state index contributed by atoms with van der Waals surface area (Å²) in [5.41, 5.74) is 2.73. The molecule has 0 saturated heterocycles. The number of hydrogen-bond donors (Lipinski definition) is 2. The van der Waals surface area contributed by atoms with Crippen molar-refractivity contribution in [1.29, 1.82) is 0 Å². The van der Waals surface area contributed by atoms with E-state index >= 15 is 0 Å². The van der Waals surface area contributed by atoms with Crippen molar-refractivity contribution in [2.45, 2.75) is 44.9 Å². The number of carbonyl (C=O) groups is 1. The van der Waals surface area contributed by atoms with Crippen LogP contribution in [-0.4, -0.2) is 32.2 Å². The number of nitrogens with zero attached hydrogens (tertiary/aromatic N) is 3. The van der Waals surface area contributed by atoms with Crippen LogP contribution in [0.1, 0.15) is 53.0 Å². The second kappa shape index (κ2) is 7.66. The first-order valence-electron chi connectivity index (χ1n) is 9.95. The minimum Gasteiger partial charge on any atom is -0.351 e. The molecule has 1 aromatic carbocycles. The third-order valence-corrected chi connectivity index (χ3v) is 5.85. The topological polar surface area (TPSA) is 92.7 Å². The predicted octanol–water partition coefficient (Wildman–Crippen LogP) is 2.81. The van der Waals surface area contributed by atoms with Crippen molar-refractivity contribution >= 4 is 5.91 Å². The van der Waals surface area contributed by atoms with Gasteiger partial charge < -0.3 is 5.32 Å². The fourth-order valence-electron chi connectivity index (χ4n) is 4.27. The van der Waals surface area contributed by atoms with Crippen LogP contribution >= 0.6 is 0 Å². The smallest absolute Gasteiger partial charge is 0.254 e. The van der Waals surface area contributed by atoms with Crippen LogP contribution in [0.4, 0.5) is 0 Å².